The first kappa shape index (κ1) is 31.9. The normalized spacial score (nSPS) is 29.2. The molecule has 0 radical (unpaired) electrons. The van der Waals surface area contributed by atoms with Crippen LogP contribution in [-0.2, 0) is 24.0 Å². The molecular weight excluding hydrogens is 612 g/mol. The molecule has 0 spiro atoms. The first-order valence-corrected chi connectivity index (χ1v) is 17.3. The van der Waals surface area contributed by atoms with Crippen LogP contribution in [0, 0.1) is 5.92 Å². The molecule has 7 rings (SSSR count). The van der Waals surface area contributed by atoms with E-state index in [1.807, 2.05) is 60.7 Å². The van der Waals surface area contributed by atoms with Crippen LogP contribution in [0.25, 0.3) is 11.1 Å². The third kappa shape index (κ3) is 6.30. The Morgan fingerprint density at radius 1 is 0.896 bits per heavy atom. The van der Waals surface area contributed by atoms with Crippen LogP contribution in [0.5, 0.6) is 0 Å². The largest absolute Gasteiger partial charge is 0.479 e. The summed E-state index contributed by atoms with van der Waals surface area (Å²) >= 11 is 0. The van der Waals surface area contributed by atoms with Gasteiger partial charge in [0, 0.05) is 23.5 Å². The van der Waals surface area contributed by atoms with E-state index in [1.165, 1.54) is 4.90 Å². The van der Waals surface area contributed by atoms with E-state index in [0.29, 0.717) is 18.6 Å². The number of nitrogens with zero attached hydrogens (tertiary/aromatic N) is 2. The summed E-state index contributed by atoms with van der Waals surface area (Å²) in [5.41, 5.74) is 3.22. The second kappa shape index (κ2) is 13.4. The number of fused-ring (bicyclic) bond motifs is 5. The van der Waals surface area contributed by atoms with Crippen molar-refractivity contribution in [3.63, 3.8) is 0 Å². The van der Waals surface area contributed by atoms with Crippen LogP contribution in [-0.4, -0.2) is 76.0 Å². The van der Waals surface area contributed by atoms with Crippen LogP contribution >= 0.6 is 0 Å². The highest BCUT2D eigenvalue weighted by atomic mass is 16.6. The number of nitrogens with one attached hydrogen (secondary N) is 2. The standard InChI is InChI=1S/C37H42N4O7/c42-33-31-20-25(48-40-32-28-17-10-8-15-26(28)27-16-9-11-18-29(27)32)22-41(31)34(43)30(38-36(46)47-24-13-6-7-14-24)19-5-3-1-2-4-12-23-21-37(23,39-33)35(44)45/h4,8-12,15-18,23-25,30-31H,1-3,5-7,13-14,19-22H2,(H,38,46)(H,39,42)(H,44,45)/b12-4-/t23-,25-,30+,31+,37+/m1/s1. The zero-order valence-corrected chi connectivity index (χ0v) is 26.9. The molecule has 11 nitrogen and oxygen atoms in total. The summed E-state index contributed by atoms with van der Waals surface area (Å²) in [5, 5.41) is 20.3. The second-order valence-corrected chi connectivity index (χ2v) is 13.7. The maximum absolute atomic E-state index is 14.3. The van der Waals surface area contributed by atoms with Crippen LogP contribution in [0.15, 0.2) is 65.8 Å². The molecule has 5 aliphatic rings. The molecular formula is C37H42N4O7. The van der Waals surface area contributed by atoms with Crippen molar-refractivity contribution in [2.45, 2.75) is 100 Å². The van der Waals surface area contributed by atoms with E-state index in [4.69, 9.17) is 9.57 Å². The van der Waals surface area contributed by atoms with Gasteiger partial charge in [0.2, 0.25) is 11.8 Å². The Bertz CT molecular complexity index is 1600. The lowest BCUT2D eigenvalue weighted by Crippen LogP contribution is -2.56. The number of allylic oxidation sites excluding steroid dienone is 1. The van der Waals surface area contributed by atoms with Crippen molar-refractivity contribution in [2.75, 3.05) is 6.54 Å². The van der Waals surface area contributed by atoms with E-state index >= 15 is 0 Å². The van der Waals surface area contributed by atoms with Crippen molar-refractivity contribution in [2.24, 2.45) is 11.1 Å². The Morgan fingerprint density at radius 2 is 1.56 bits per heavy atom. The van der Waals surface area contributed by atoms with Crippen LogP contribution in [0.4, 0.5) is 4.79 Å². The van der Waals surface area contributed by atoms with Crippen molar-refractivity contribution in [1.29, 1.82) is 0 Å². The molecule has 3 amide bonds. The summed E-state index contributed by atoms with van der Waals surface area (Å²) in [5.74, 6) is -2.40. The molecule has 3 fully saturated rings. The number of amides is 3. The average molecular weight is 655 g/mol. The summed E-state index contributed by atoms with van der Waals surface area (Å²) in [4.78, 5) is 61.1. The minimum atomic E-state index is -1.42. The number of hydrogen-bond acceptors (Lipinski definition) is 7. The highest BCUT2D eigenvalue weighted by molar-refractivity contribution is 6.24. The summed E-state index contributed by atoms with van der Waals surface area (Å²) in [6.45, 7) is 0.0518. The van der Waals surface area contributed by atoms with Gasteiger partial charge in [-0.15, -0.1) is 0 Å². The number of aliphatic carboxylic acids is 1. The quantitative estimate of drug-likeness (QED) is 0.261. The van der Waals surface area contributed by atoms with Crippen LogP contribution in [0.3, 0.4) is 0 Å². The number of hydrogen-bond donors (Lipinski definition) is 3. The van der Waals surface area contributed by atoms with E-state index in [2.05, 4.69) is 15.8 Å². The number of oxime groups is 1. The van der Waals surface area contributed by atoms with E-state index in [9.17, 15) is 24.3 Å². The minimum absolute atomic E-state index is 0.0518. The molecule has 0 unspecified atom stereocenters. The molecule has 1 saturated heterocycles. The molecule has 0 aromatic heterocycles. The van der Waals surface area contributed by atoms with Gasteiger partial charge in [-0.1, -0.05) is 78.7 Å². The molecule has 0 bridgehead atoms. The second-order valence-electron chi connectivity index (χ2n) is 13.7. The monoisotopic (exact) mass is 654 g/mol. The molecule has 2 aromatic carbocycles. The molecule has 2 aliphatic heterocycles. The summed E-state index contributed by atoms with van der Waals surface area (Å²) in [6.07, 6.45) is 9.96. The maximum Gasteiger partial charge on any atom is 0.408 e. The Balaban J connectivity index is 1.15. The zero-order valence-electron chi connectivity index (χ0n) is 26.9. The smallest absolute Gasteiger partial charge is 0.408 e. The maximum atomic E-state index is 14.3. The van der Waals surface area contributed by atoms with E-state index in [0.717, 1.165) is 67.2 Å². The molecule has 2 aromatic rings. The zero-order chi connectivity index (χ0) is 33.3. The SMILES string of the molecule is O=C(N[C@H]1CCCCC/C=C\[C@@H]2C[C@]2(C(=O)O)NC(=O)[C@@H]2C[C@@H](ON=C3c4ccccc4-c4ccccc43)CN2C1=O)OC1CCCC1. The predicted octanol–water partition coefficient (Wildman–Crippen LogP) is 4.92. The van der Waals surface area contributed by atoms with Gasteiger partial charge in [0.25, 0.3) is 0 Å². The number of carboxylic acid groups (broad SMARTS) is 1. The Hall–Kier alpha value is -4.67. The van der Waals surface area contributed by atoms with Gasteiger partial charge in [0.15, 0.2) is 0 Å². The topological polar surface area (TPSA) is 147 Å². The van der Waals surface area contributed by atoms with Crippen molar-refractivity contribution >= 4 is 29.6 Å². The number of carbonyl (C=O) groups is 4. The average Bonchev–Trinajstić information content (AvgIpc) is 3.42. The van der Waals surface area contributed by atoms with Crippen molar-refractivity contribution in [3.8, 4) is 11.1 Å². The number of carboxylic acids is 1. The van der Waals surface area contributed by atoms with Crippen LogP contribution in [0.1, 0.15) is 81.8 Å². The number of rotatable bonds is 5. The Kier molecular flexibility index (Phi) is 8.94. The fourth-order valence-corrected chi connectivity index (χ4v) is 7.69. The van der Waals surface area contributed by atoms with Crippen LogP contribution in [0.2, 0.25) is 0 Å². The number of carbonyl (C=O) groups excluding carboxylic acids is 3. The summed E-state index contributed by atoms with van der Waals surface area (Å²) in [7, 11) is 0. The van der Waals surface area contributed by atoms with Crippen molar-refractivity contribution in [3.05, 3.63) is 71.8 Å². The number of alkyl carbamates (subject to hydrolysis) is 1. The third-order valence-electron chi connectivity index (χ3n) is 10.4. The number of benzene rings is 2. The van der Waals surface area contributed by atoms with Crippen LogP contribution < -0.4 is 10.6 Å². The van der Waals surface area contributed by atoms with Gasteiger partial charge in [-0.2, -0.15) is 0 Å². The lowest BCUT2D eigenvalue weighted by atomic mass is 10.0. The van der Waals surface area contributed by atoms with Gasteiger partial charge in [-0.3, -0.25) is 9.59 Å². The fourth-order valence-electron chi connectivity index (χ4n) is 7.69. The minimum Gasteiger partial charge on any atom is -0.479 e. The molecule has 3 aliphatic carbocycles. The Labute approximate surface area is 279 Å². The molecule has 2 saturated carbocycles. The summed E-state index contributed by atoms with van der Waals surface area (Å²) < 4.78 is 5.64. The van der Waals surface area contributed by atoms with E-state index < -0.39 is 47.6 Å². The molecule has 11 heteroatoms. The van der Waals surface area contributed by atoms with Gasteiger partial charge in [0.05, 0.1) is 6.54 Å². The first-order chi connectivity index (χ1) is 23.3. The molecule has 3 N–H and O–H groups in total. The Morgan fingerprint density at radius 3 is 2.25 bits per heavy atom. The highest BCUT2D eigenvalue weighted by Gasteiger charge is 2.61. The van der Waals surface area contributed by atoms with Gasteiger partial charge < -0.3 is 30.2 Å². The van der Waals surface area contributed by atoms with Gasteiger partial charge >= 0.3 is 12.1 Å². The molecule has 2 heterocycles. The summed E-state index contributed by atoms with van der Waals surface area (Å²) in [6, 6.07) is 14.0. The van der Waals surface area contributed by atoms with E-state index in [1.54, 1.807) is 0 Å². The third-order valence-corrected chi connectivity index (χ3v) is 10.4. The molecule has 48 heavy (non-hydrogen) atoms. The lowest BCUT2D eigenvalue weighted by Gasteiger charge is -2.29. The van der Waals surface area contributed by atoms with Gasteiger partial charge in [0.1, 0.15) is 35.5 Å². The highest BCUT2D eigenvalue weighted by Crippen LogP contribution is 2.45. The predicted molar refractivity (Wildman–Crippen MR) is 177 cm³/mol. The van der Waals surface area contributed by atoms with Crippen molar-refractivity contribution in [1.82, 2.24) is 15.5 Å². The van der Waals surface area contributed by atoms with Crippen molar-refractivity contribution < 1.29 is 33.9 Å². The molecule has 252 valence electrons. The van der Waals surface area contributed by atoms with Gasteiger partial charge in [-0.25, -0.2) is 9.59 Å². The molecule has 5 atom stereocenters. The fraction of sp³-hybridized carbons (Fsp3) is 0.486. The van der Waals surface area contributed by atoms with Gasteiger partial charge in [-0.05, 0) is 62.5 Å². The lowest BCUT2D eigenvalue weighted by molar-refractivity contribution is -0.145. The first-order valence-electron chi connectivity index (χ1n) is 17.3. The van der Waals surface area contributed by atoms with E-state index in [-0.39, 0.29) is 31.4 Å². The number of ether oxygens (including phenoxy) is 1.